The highest BCUT2D eigenvalue weighted by Crippen LogP contribution is 2.22. The predicted octanol–water partition coefficient (Wildman–Crippen LogP) is 1.00. The third-order valence-electron chi connectivity index (χ3n) is 1.82. The van der Waals surface area contributed by atoms with Gasteiger partial charge in [-0.1, -0.05) is 0 Å². The van der Waals surface area contributed by atoms with Crippen LogP contribution in [-0.2, 0) is 6.42 Å². The second-order valence-corrected chi connectivity index (χ2v) is 2.91. The Kier molecular flexibility index (Phi) is 3.29. The van der Waals surface area contributed by atoms with Crippen molar-refractivity contribution in [3.63, 3.8) is 0 Å². The average molecular weight is 211 g/mol. The number of benzene rings is 1. The number of rotatable bonds is 4. The number of hydrogen-bond acceptors (Lipinski definition) is 5. The Hall–Kier alpha value is -2.02. The van der Waals surface area contributed by atoms with Crippen LogP contribution in [0.15, 0.2) is 18.2 Å². The number of nitro benzene ring substituents is 2. The molecule has 0 aliphatic heterocycles. The van der Waals surface area contributed by atoms with E-state index in [1.54, 1.807) is 0 Å². The normalized spacial score (nSPS) is 9.93. The molecule has 0 saturated carbocycles. The van der Waals surface area contributed by atoms with Crippen LogP contribution in [-0.4, -0.2) is 16.4 Å². The van der Waals surface area contributed by atoms with Crippen molar-refractivity contribution in [2.45, 2.75) is 6.42 Å². The Morgan fingerprint density at radius 1 is 1.07 bits per heavy atom. The molecule has 0 saturated heterocycles. The number of nitro groups is 2. The van der Waals surface area contributed by atoms with Crippen molar-refractivity contribution in [2.24, 2.45) is 5.73 Å². The SMILES string of the molecule is NCCc1cc([N+](=O)[O-])cc([N+](=O)[O-])c1. The first-order valence-electron chi connectivity index (χ1n) is 4.17. The smallest absolute Gasteiger partial charge is 0.276 e. The molecule has 7 heteroatoms. The van der Waals surface area contributed by atoms with Gasteiger partial charge >= 0.3 is 0 Å². The van der Waals surface area contributed by atoms with Crippen molar-refractivity contribution in [1.29, 1.82) is 0 Å². The molecule has 0 unspecified atom stereocenters. The van der Waals surface area contributed by atoms with Gasteiger partial charge in [0.1, 0.15) is 0 Å². The third kappa shape index (κ3) is 2.71. The summed E-state index contributed by atoms with van der Waals surface area (Å²) in [5, 5.41) is 21.0. The van der Waals surface area contributed by atoms with Crippen LogP contribution in [0.1, 0.15) is 5.56 Å². The van der Waals surface area contributed by atoms with Crippen LogP contribution in [0.25, 0.3) is 0 Å². The number of nitrogens with zero attached hydrogens (tertiary/aromatic N) is 2. The van der Waals surface area contributed by atoms with Crippen LogP contribution >= 0.6 is 0 Å². The number of non-ortho nitro benzene ring substituents is 2. The van der Waals surface area contributed by atoms with E-state index in [1.165, 1.54) is 12.1 Å². The predicted molar refractivity (Wildman–Crippen MR) is 52.5 cm³/mol. The van der Waals surface area contributed by atoms with Crippen molar-refractivity contribution in [3.8, 4) is 0 Å². The van der Waals surface area contributed by atoms with Crippen LogP contribution in [0.5, 0.6) is 0 Å². The molecule has 0 aliphatic rings. The lowest BCUT2D eigenvalue weighted by Crippen LogP contribution is -2.04. The summed E-state index contributed by atoms with van der Waals surface area (Å²) in [7, 11) is 0. The summed E-state index contributed by atoms with van der Waals surface area (Å²) >= 11 is 0. The lowest BCUT2D eigenvalue weighted by molar-refractivity contribution is -0.394. The van der Waals surface area contributed by atoms with Gasteiger partial charge in [0, 0.05) is 12.1 Å². The van der Waals surface area contributed by atoms with Gasteiger partial charge in [0.05, 0.1) is 15.9 Å². The maximum absolute atomic E-state index is 10.5. The molecule has 0 heterocycles. The quantitative estimate of drug-likeness (QED) is 0.589. The van der Waals surface area contributed by atoms with Crippen LogP contribution in [0.2, 0.25) is 0 Å². The third-order valence-corrected chi connectivity index (χ3v) is 1.82. The van der Waals surface area contributed by atoms with E-state index in [2.05, 4.69) is 0 Å². The summed E-state index contributed by atoms with van der Waals surface area (Å²) < 4.78 is 0. The minimum atomic E-state index is -0.660. The summed E-state index contributed by atoms with van der Waals surface area (Å²) in [6, 6.07) is 3.51. The maximum Gasteiger partial charge on any atom is 0.276 e. The highest BCUT2D eigenvalue weighted by Gasteiger charge is 2.15. The molecule has 1 aromatic carbocycles. The largest absolute Gasteiger partial charge is 0.330 e. The Morgan fingerprint density at radius 3 is 1.87 bits per heavy atom. The summed E-state index contributed by atoms with van der Waals surface area (Å²) in [6.45, 7) is 0.290. The zero-order valence-electron chi connectivity index (χ0n) is 7.75. The molecule has 2 N–H and O–H groups in total. The highest BCUT2D eigenvalue weighted by atomic mass is 16.6. The number of nitrogens with two attached hydrogens (primary N) is 1. The van der Waals surface area contributed by atoms with Crippen LogP contribution < -0.4 is 5.73 Å². The summed E-state index contributed by atoms with van der Waals surface area (Å²) in [5.41, 5.74) is 5.20. The molecule has 15 heavy (non-hydrogen) atoms. The molecule has 0 spiro atoms. The minimum absolute atomic E-state index is 0.285. The van der Waals surface area contributed by atoms with Crippen molar-refractivity contribution in [2.75, 3.05) is 6.54 Å². The van der Waals surface area contributed by atoms with Crippen LogP contribution in [0, 0.1) is 20.2 Å². The van der Waals surface area contributed by atoms with E-state index >= 15 is 0 Å². The minimum Gasteiger partial charge on any atom is -0.330 e. The summed E-state index contributed by atoms with van der Waals surface area (Å²) in [5.74, 6) is 0. The summed E-state index contributed by atoms with van der Waals surface area (Å²) in [6.07, 6.45) is 0.377. The molecule has 0 radical (unpaired) electrons. The topological polar surface area (TPSA) is 112 Å². The molecule has 0 bridgehead atoms. The zero-order chi connectivity index (χ0) is 11.4. The van der Waals surface area contributed by atoms with Gasteiger partial charge in [0.25, 0.3) is 11.4 Å². The van der Waals surface area contributed by atoms with Crippen molar-refractivity contribution < 1.29 is 9.85 Å². The van der Waals surface area contributed by atoms with E-state index in [9.17, 15) is 20.2 Å². The lowest BCUT2D eigenvalue weighted by Gasteiger charge is -1.99. The highest BCUT2D eigenvalue weighted by molar-refractivity contribution is 5.46. The number of hydrogen-bond donors (Lipinski definition) is 1. The molecule has 1 aromatic rings. The van der Waals surface area contributed by atoms with Crippen molar-refractivity contribution >= 4 is 11.4 Å². The van der Waals surface area contributed by atoms with E-state index in [4.69, 9.17) is 5.73 Å². The zero-order valence-corrected chi connectivity index (χ0v) is 7.75. The van der Waals surface area contributed by atoms with Gasteiger partial charge < -0.3 is 5.73 Å². The first kappa shape index (κ1) is 11.1. The molecule has 0 aromatic heterocycles. The first-order valence-corrected chi connectivity index (χ1v) is 4.17. The lowest BCUT2D eigenvalue weighted by atomic mass is 10.1. The summed E-state index contributed by atoms with van der Waals surface area (Å²) in [4.78, 5) is 19.6. The molecule has 0 atom stereocenters. The average Bonchev–Trinajstić information content (AvgIpc) is 2.17. The molecule has 7 nitrogen and oxygen atoms in total. The molecule has 1 rings (SSSR count). The first-order chi connectivity index (χ1) is 7.04. The maximum atomic E-state index is 10.5. The van der Waals surface area contributed by atoms with Gasteiger partial charge in [-0.2, -0.15) is 0 Å². The van der Waals surface area contributed by atoms with Gasteiger partial charge in [-0.15, -0.1) is 0 Å². The molecule has 80 valence electrons. The van der Waals surface area contributed by atoms with Gasteiger partial charge in [-0.25, -0.2) is 0 Å². The molecule has 0 amide bonds. The van der Waals surface area contributed by atoms with E-state index in [-0.39, 0.29) is 11.4 Å². The van der Waals surface area contributed by atoms with E-state index in [0.29, 0.717) is 18.5 Å². The van der Waals surface area contributed by atoms with Crippen LogP contribution in [0.3, 0.4) is 0 Å². The van der Waals surface area contributed by atoms with Gasteiger partial charge in [-0.3, -0.25) is 20.2 Å². The Bertz CT molecular complexity index is 373. The fraction of sp³-hybridized carbons (Fsp3) is 0.250. The fourth-order valence-electron chi connectivity index (χ4n) is 1.18. The Labute approximate surface area is 84.8 Å². The van der Waals surface area contributed by atoms with Gasteiger partial charge in [0.2, 0.25) is 0 Å². The molecule has 0 aliphatic carbocycles. The van der Waals surface area contributed by atoms with E-state index < -0.39 is 9.85 Å². The fourth-order valence-corrected chi connectivity index (χ4v) is 1.18. The van der Waals surface area contributed by atoms with Gasteiger partial charge in [0.15, 0.2) is 0 Å². The monoisotopic (exact) mass is 211 g/mol. The van der Waals surface area contributed by atoms with Gasteiger partial charge in [-0.05, 0) is 18.5 Å². The second kappa shape index (κ2) is 4.47. The van der Waals surface area contributed by atoms with Crippen LogP contribution in [0.4, 0.5) is 11.4 Å². The van der Waals surface area contributed by atoms with E-state index in [1.807, 2.05) is 0 Å². The Balaban J connectivity index is 3.19. The van der Waals surface area contributed by atoms with Crippen molar-refractivity contribution in [3.05, 3.63) is 44.0 Å². The standard InChI is InChI=1S/C8H9N3O4/c9-2-1-6-3-7(10(12)13)5-8(4-6)11(14)15/h3-5H,1-2,9H2. The molecular weight excluding hydrogens is 202 g/mol. The second-order valence-electron chi connectivity index (χ2n) is 2.91. The molecule has 0 fully saturated rings. The van der Waals surface area contributed by atoms with E-state index in [0.717, 1.165) is 6.07 Å². The Morgan fingerprint density at radius 2 is 1.53 bits per heavy atom. The van der Waals surface area contributed by atoms with Crippen molar-refractivity contribution in [1.82, 2.24) is 0 Å². The molecular formula is C8H9N3O4.